The van der Waals surface area contributed by atoms with E-state index in [1.54, 1.807) is 6.20 Å². The molecule has 1 amide bonds. The van der Waals surface area contributed by atoms with Gasteiger partial charge in [0.1, 0.15) is 30.0 Å². The maximum absolute atomic E-state index is 15.3. The van der Waals surface area contributed by atoms with Crippen LogP contribution in [0.2, 0.25) is 25.7 Å². The summed E-state index contributed by atoms with van der Waals surface area (Å²) in [4.78, 5) is 22.7. The zero-order valence-corrected chi connectivity index (χ0v) is 25.8. The minimum absolute atomic E-state index is 0.0487. The highest BCUT2D eigenvalue weighted by molar-refractivity contribution is 9.10. The molecule has 1 saturated carbocycles. The first-order valence-corrected chi connectivity index (χ1v) is 17.8. The van der Waals surface area contributed by atoms with Crippen molar-refractivity contribution in [3.63, 3.8) is 0 Å². The molecular weight excluding hydrogens is 596 g/mol. The summed E-state index contributed by atoms with van der Waals surface area (Å²) in [5.74, 6) is -0.604. The lowest BCUT2D eigenvalue weighted by atomic mass is 9.84. The number of alkyl halides is 1. The molecule has 1 N–H and O–H groups in total. The van der Waals surface area contributed by atoms with Crippen molar-refractivity contribution in [2.75, 3.05) is 13.3 Å². The number of carbonyl (C=O) groups is 1. The van der Waals surface area contributed by atoms with E-state index >= 15 is 8.78 Å². The molecule has 0 saturated heterocycles. The highest BCUT2D eigenvalue weighted by Gasteiger charge is 2.72. The molecule has 7 nitrogen and oxygen atoms in total. The van der Waals surface area contributed by atoms with E-state index in [0.717, 1.165) is 10.9 Å². The minimum Gasteiger partial charge on any atom is -0.465 e. The largest absolute Gasteiger partial charge is 0.465 e. The van der Waals surface area contributed by atoms with Gasteiger partial charge in [-0.2, -0.15) is 0 Å². The van der Waals surface area contributed by atoms with Crippen LogP contribution in [0.3, 0.4) is 0 Å². The van der Waals surface area contributed by atoms with Gasteiger partial charge in [-0.3, -0.25) is 0 Å². The fraction of sp³-hybridized carbons (Fsp3) is 0.577. The Hall–Kier alpha value is -1.76. The van der Waals surface area contributed by atoms with Gasteiger partial charge in [-0.1, -0.05) is 68.1 Å². The second-order valence-corrected chi connectivity index (χ2v) is 20.1. The van der Waals surface area contributed by atoms with Crippen LogP contribution in [-0.2, 0) is 15.0 Å². The van der Waals surface area contributed by atoms with Crippen molar-refractivity contribution >= 4 is 47.0 Å². The molecule has 2 aromatic rings. The summed E-state index contributed by atoms with van der Waals surface area (Å²) in [6.45, 7) is 11.7. The van der Waals surface area contributed by atoms with Gasteiger partial charge in [-0.15, -0.1) is 0 Å². The first-order valence-electron chi connectivity index (χ1n) is 12.5. The van der Waals surface area contributed by atoms with Crippen LogP contribution in [0, 0.1) is 17.2 Å². The van der Waals surface area contributed by atoms with E-state index in [1.165, 1.54) is 36.4 Å². The molecule has 0 radical (unpaired) electrons. The monoisotopic (exact) mass is 629 g/mol. The summed E-state index contributed by atoms with van der Waals surface area (Å²) in [5, 5.41) is 10.5. The number of carboxylic acid groups (broad SMARTS) is 1. The summed E-state index contributed by atoms with van der Waals surface area (Å²) in [6, 6.07) is 5.16. The topological polar surface area (TPSA) is 88.2 Å². The van der Waals surface area contributed by atoms with Gasteiger partial charge in [0, 0.05) is 36.0 Å². The third-order valence-electron chi connectivity index (χ3n) is 7.02. The van der Waals surface area contributed by atoms with Crippen LogP contribution in [-0.4, -0.2) is 53.8 Å². The molecule has 1 fully saturated rings. The molecule has 12 heteroatoms. The number of ether oxygens (including phenoxy) is 1. The molecule has 4 atom stereocenters. The molecule has 1 aromatic heterocycles. The maximum atomic E-state index is 15.3. The Morgan fingerprint density at radius 2 is 2.11 bits per heavy atom. The average Bonchev–Trinajstić information content (AvgIpc) is 3.29. The number of oxazole rings is 1. The molecular formula is C26H34BrF2N3O4SSi. The van der Waals surface area contributed by atoms with E-state index in [1.807, 2.05) is 20.8 Å². The molecule has 208 valence electrons. The number of rotatable bonds is 8. The Morgan fingerprint density at radius 1 is 1.39 bits per heavy atom. The summed E-state index contributed by atoms with van der Waals surface area (Å²) in [7, 11) is -1.46. The lowest BCUT2D eigenvalue weighted by Crippen LogP contribution is -2.53. The van der Waals surface area contributed by atoms with E-state index in [-0.39, 0.29) is 10.7 Å². The fourth-order valence-corrected chi connectivity index (χ4v) is 7.63. The molecule has 4 rings (SSSR count). The van der Waals surface area contributed by atoms with Gasteiger partial charge in [-0.25, -0.2) is 28.5 Å². The third kappa shape index (κ3) is 5.46. The molecule has 0 bridgehead atoms. The first-order chi connectivity index (χ1) is 17.6. The lowest BCUT2D eigenvalue weighted by molar-refractivity contribution is -0.0761. The summed E-state index contributed by atoms with van der Waals surface area (Å²) in [6.07, 6.45) is 1.06. The van der Waals surface area contributed by atoms with E-state index in [0.29, 0.717) is 23.3 Å². The first kappa shape index (κ1) is 29.2. The number of amidine groups is 1. The molecule has 1 aliphatic carbocycles. The van der Waals surface area contributed by atoms with Crippen molar-refractivity contribution in [3.8, 4) is 0 Å². The predicted molar refractivity (Wildman–Crippen MR) is 150 cm³/mol. The SMILES string of the molecule is CC(C)(C)C(OCC[Si](C)(C)C)N(C(=O)O)C1=N[C@](CF)(c2cc(Br)ccc2F)[C@@H]2C[C@]2(c2cnco2)S1. The Morgan fingerprint density at radius 3 is 2.66 bits per heavy atom. The van der Waals surface area contributed by atoms with Crippen molar-refractivity contribution in [3.05, 3.63) is 52.4 Å². The number of amides is 1. The summed E-state index contributed by atoms with van der Waals surface area (Å²) < 4.78 is 42.2. The lowest BCUT2D eigenvalue weighted by Gasteiger charge is -2.42. The van der Waals surface area contributed by atoms with E-state index < -0.39 is 54.5 Å². The van der Waals surface area contributed by atoms with Crippen LogP contribution in [0.5, 0.6) is 0 Å². The van der Waals surface area contributed by atoms with Gasteiger partial charge in [0.15, 0.2) is 11.6 Å². The Kier molecular flexibility index (Phi) is 7.94. The molecule has 1 aliphatic heterocycles. The Balaban J connectivity index is 1.87. The normalized spacial score (nSPS) is 25.9. The minimum atomic E-state index is -1.66. The smallest absolute Gasteiger partial charge is 0.415 e. The van der Waals surface area contributed by atoms with Crippen molar-refractivity contribution in [2.24, 2.45) is 16.3 Å². The van der Waals surface area contributed by atoms with Crippen molar-refractivity contribution < 1.29 is 27.8 Å². The van der Waals surface area contributed by atoms with Crippen molar-refractivity contribution in [2.45, 2.75) is 69.4 Å². The molecule has 2 aliphatic rings. The van der Waals surface area contributed by atoms with Gasteiger partial charge < -0.3 is 14.3 Å². The van der Waals surface area contributed by atoms with Crippen molar-refractivity contribution in [1.29, 1.82) is 0 Å². The van der Waals surface area contributed by atoms with Crippen LogP contribution in [0.4, 0.5) is 13.6 Å². The number of fused-ring (bicyclic) bond motifs is 1. The van der Waals surface area contributed by atoms with Crippen molar-refractivity contribution in [1.82, 2.24) is 9.88 Å². The number of aliphatic imine (C=N–C) groups is 1. The Bertz CT molecular complexity index is 1220. The Labute approximate surface area is 235 Å². The van der Waals surface area contributed by atoms with E-state index in [9.17, 15) is 9.90 Å². The van der Waals surface area contributed by atoms with Gasteiger partial charge in [-0.05, 0) is 30.7 Å². The van der Waals surface area contributed by atoms with Gasteiger partial charge in [0.05, 0.1) is 10.9 Å². The summed E-state index contributed by atoms with van der Waals surface area (Å²) in [5.41, 5.74) is -2.23. The fourth-order valence-electron chi connectivity index (χ4n) is 4.94. The maximum Gasteiger partial charge on any atom is 0.415 e. The highest BCUT2D eigenvalue weighted by Crippen LogP contribution is 2.72. The van der Waals surface area contributed by atoms with Crippen LogP contribution >= 0.6 is 27.7 Å². The van der Waals surface area contributed by atoms with Crippen LogP contribution in [0.25, 0.3) is 0 Å². The quantitative estimate of drug-likeness (QED) is 0.241. The molecule has 0 spiro atoms. The molecule has 1 unspecified atom stereocenters. The number of hydrogen-bond donors (Lipinski definition) is 1. The number of aromatic nitrogens is 1. The van der Waals surface area contributed by atoms with Gasteiger partial charge in [0.25, 0.3) is 0 Å². The number of halogens is 3. The molecule has 38 heavy (non-hydrogen) atoms. The average molecular weight is 631 g/mol. The number of benzene rings is 1. The van der Waals surface area contributed by atoms with E-state index in [2.05, 4.69) is 40.6 Å². The highest BCUT2D eigenvalue weighted by atomic mass is 79.9. The number of thioether (sulfide) groups is 1. The predicted octanol–water partition coefficient (Wildman–Crippen LogP) is 7.47. The zero-order chi connectivity index (χ0) is 28.1. The van der Waals surface area contributed by atoms with E-state index in [4.69, 9.17) is 14.1 Å². The standard InChI is InChI=1S/C26H34BrF2N3O4SSi/c1-24(2,3)21(35-9-10-38(4,5)6)32(23(33)34)22-31-25(14-28,17-11-16(27)7-8-18(17)29)19-12-26(19,37-22)20-13-30-15-36-20/h7-8,11,13,15,19,21H,9-10,12,14H2,1-6H3,(H,33,34)/t19-,21?,25+,26-/m0/s1. The number of nitrogens with zero attached hydrogens (tertiary/aromatic N) is 3. The van der Waals surface area contributed by atoms with Gasteiger partial charge in [0.2, 0.25) is 0 Å². The van der Waals surface area contributed by atoms with Crippen LogP contribution in [0.1, 0.15) is 38.5 Å². The second kappa shape index (κ2) is 10.3. The third-order valence-corrected chi connectivity index (χ3v) is 10.7. The summed E-state index contributed by atoms with van der Waals surface area (Å²) >= 11 is 4.57. The zero-order valence-electron chi connectivity index (χ0n) is 22.4. The van der Waals surface area contributed by atoms with Crippen LogP contribution in [0.15, 0.2) is 44.7 Å². The number of hydrogen-bond acceptors (Lipinski definition) is 6. The molecule has 2 heterocycles. The van der Waals surface area contributed by atoms with Crippen LogP contribution < -0.4 is 0 Å². The van der Waals surface area contributed by atoms with Gasteiger partial charge >= 0.3 is 6.09 Å². The molecule has 1 aromatic carbocycles. The second-order valence-electron chi connectivity index (χ2n) is 12.2.